The van der Waals surface area contributed by atoms with E-state index in [0.29, 0.717) is 0 Å². The van der Waals surface area contributed by atoms with Crippen LogP contribution in [0.15, 0.2) is 108 Å². The van der Waals surface area contributed by atoms with Gasteiger partial charge in [-0.15, -0.1) is 0 Å². The lowest BCUT2D eigenvalue weighted by Gasteiger charge is -2.21. The van der Waals surface area contributed by atoms with Gasteiger partial charge in [-0.1, -0.05) is 78.9 Å². The van der Waals surface area contributed by atoms with Crippen molar-refractivity contribution in [1.29, 1.82) is 0 Å². The molecule has 4 aromatic carbocycles. The van der Waals surface area contributed by atoms with Crippen molar-refractivity contribution in [3.05, 3.63) is 114 Å². The lowest BCUT2D eigenvalue weighted by Crippen LogP contribution is -2.12. The van der Waals surface area contributed by atoms with Gasteiger partial charge >= 0.3 is 0 Å². The fourth-order valence-electron chi connectivity index (χ4n) is 5.29. The van der Waals surface area contributed by atoms with Crippen LogP contribution in [0.5, 0.6) is 0 Å². The Balaban J connectivity index is 1.43. The summed E-state index contributed by atoms with van der Waals surface area (Å²) in [6.45, 7) is 0. The maximum Gasteiger partial charge on any atom is 0.135 e. The average Bonchev–Trinajstić information content (AvgIpc) is 3.39. The monoisotopic (exact) mass is 411 g/mol. The third-order valence-electron chi connectivity index (χ3n) is 6.76. The first kappa shape index (κ1) is 17.6. The largest absolute Gasteiger partial charge is 0.456 e. The molecule has 0 fully saturated rings. The van der Waals surface area contributed by atoms with Gasteiger partial charge in [0.1, 0.15) is 11.3 Å². The number of allylic oxidation sites excluding steroid dienone is 1. The number of furan rings is 1. The fraction of sp³-hybridized carbons (Fsp3) is 0.0667. The molecule has 0 amide bonds. The molecule has 152 valence electrons. The molecular weight excluding hydrogens is 390 g/mol. The van der Waals surface area contributed by atoms with E-state index in [1.54, 1.807) is 0 Å². The second kappa shape index (κ2) is 6.73. The lowest BCUT2D eigenvalue weighted by atomic mass is 9.96. The van der Waals surface area contributed by atoms with Gasteiger partial charge in [-0.25, -0.2) is 0 Å². The van der Waals surface area contributed by atoms with Crippen LogP contribution in [0.2, 0.25) is 0 Å². The zero-order chi connectivity index (χ0) is 21.1. The van der Waals surface area contributed by atoms with E-state index in [2.05, 4.69) is 108 Å². The third-order valence-corrected chi connectivity index (χ3v) is 6.76. The highest BCUT2D eigenvalue weighted by Gasteiger charge is 2.24. The summed E-state index contributed by atoms with van der Waals surface area (Å²) in [4.78, 5) is 0. The minimum absolute atomic E-state index is 0.244. The van der Waals surface area contributed by atoms with E-state index >= 15 is 0 Å². The molecule has 0 N–H and O–H groups in total. The van der Waals surface area contributed by atoms with Gasteiger partial charge in [0.15, 0.2) is 0 Å². The Hall–Kier alpha value is -4.04. The molecule has 1 atom stereocenters. The lowest BCUT2D eigenvalue weighted by molar-refractivity contribution is 0.572. The molecule has 0 radical (unpaired) electrons. The molecule has 0 saturated heterocycles. The second-order valence-electron chi connectivity index (χ2n) is 8.56. The average molecular weight is 412 g/mol. The summed E-state index contributed by atoms with van der Waals surface area (Å²) in [5.74, 6) is 0.995. The molecule has 1 aliphatic carbocycles. The molecule has 0 aliphatic heterocycles. The Labute approximate surface area is 186 Å². The van der Waals surface area contributed by atoms with Crippen LogP contribution >= 0.6 is 0 Å². The first-order valence-electron chi connectivity index (χ1n) is 11.1. The van der Waals surface area contributed by atoms with Gasteiger partial charge in [-0.2, -0.15) is 0 Å². The molecule has 2 heterocycles. The number of rotatable bonds is 2. The number of fused-ring (bicyclic) bond motifs is 6. The van der Waals surface area contributed by atoms with Crippen molar-refractivity contribution in [3.8, 4) is 11.1 Å². The maximum absolute atomic E-state index is 6.10. The molecule has 1 aliphatic rings. The zero-order valence-electron chi connectivity index (χ0n) is 17.5. The van der Waals surface area contributed by atoms with Crippen LogP contribution in [0.4, 0.5) is 0 Å². The number of nitrogens with zero attached hydrogens (tertiary/aromatic N) is 1. The molecule has 0 saturated carbocycles. The highest BCUT2D eigenvalue weighted by molar-refractivity contribution is 6.09. The smallest absolute Gasteiger partial charge is 0.135 e. The van der Waals surface area contributed by atoms with Gasteiger partial charge in [0.05, 0.1) is 6.04 Å². The van der Waals surface area contributed by atoms with Crippen LogP contribution in [0.1, 0.15) is 17.4 Å². The van der Waals surface area contributed by atoms with Crippen LogP contribution in [0, 0.1) is 0 Å². The molecule has 1 unspecified atom stereocenters. The topological polar surface area (TPSA) is 18.1 Å². The quantitative estimate of drug-likeness (QED) is 0.282. The van der Waals surface area contributed by atoms with Crippen molar-refractivity contribution in [2.24, 2.45) is 0 Å². The number of hydrogen-bond acceptors (Lipinski definition) is 1. The van der Waals surface area contributed by atoms with Gasteiger partial charge in [-0.3, -0.25) is 0 Å². The predicted molar refractivity (Wildman–Crippen MR) is 133 cm³/mol. The highest BCUT2D eigenvalue weighted by Crippen LogP contribution is 2.40. The summed E-state index contributed by atoms with van der Waals surface area (Å²) >= 11 is 0. The predicted octanol–water partition coefficient (Wildman–Crippen LogP) is 8.02. The number of aromatic nitrogens is 1. The molecule has 32 heavy (non-hydrogen) atoms. The summed E-state index contributed by atoms with van der Waals surface area (Å²) in [5, 5.41) is 3.83. The van der Waals surface area contributed by atoms with E-state index in [1.807, 2.05) is 6.07 Å². The minimum Gasteiger partial charge on any atom is -0.456 e. The van der Waals surface area contributed by atoms with Crippen LogP contribution in [-0.2, 0) is 6.42 Å². The first-order chi connectivity index (χ1) is 15.9. The van der Waals surface area contributed by atoms with E-state index in [-0.39, 0.29) is 6.04 Å². The Morgan fingerprint density at radius 1 is 0.656 bits per heavy atom. The van der Waals surface area contributed by atoms with Gasteiger partial charge in [0.25, 0.3) is 0 Å². The van der Waals surface area contributed by atoms with Crippen LogP contribution in [0.25, 0.3) is 50.0 Å². The molecule has 0 spiro atoms. The SMILES string of the molecule is C1=CC(n2c3ccccc3c3cc(-c4ccccc4)ccc32)Cc2c1oc1ccccc21. The van der Waals surface area contributed by atoms with Crippen molar-refractivity contribution in [1.82, 2.24) is 4.57 Å². The first-order valence-corrected chi connectivity index (χ1v) is 11.1. The van der Waals surface area contributed by atoms with E-state index < -0.39 is 0 Å². The summed E-state index contributed by atoms with van der Waals surface area (Å²) < 4.78 is 8.60. The molecule has 2 nitrogen and oxygen atoms in total. The molecular formula is C30H21NO. The minimum atomic E-state index is 0.244. The van der Waals surface area contributed by atoms with Gasteiger partial charge < -0.3 is 8.98 Å². The number of para-hydroxylation sites is 2. The van der Waals surface area contributed by atoms with Crippen LogP contribution < -0.4 is 0 Å². The summed E-state index contributed by atoms with van der Waals surface area (Å²) in [6, 6.07) is 34.9. The van der Waals surface area contributed by atoms with E-state index in [4.69, 9.17) is 4.42 Å². The van der Waals surface area contributed by atoms with Gasteiger partial charge in [0, 0.05) is 39.2 Å². The van der Waals surface area contributed by atoms with Gasteiger partial charge in [0.2, 0.25) is 0 Å². The van der Waals surface area contributed by atoms with E-state index in [0.717, 1.165) is 17.8 Å². The summed E-state index contributed by atoms with van der Waals surface area (Å²) in [6.07, 6.45) is 5.38. The molecule has 7 rings (SSSR count). The Morgan fingerprint density at radius 2 is 1.41 bits per heavy atom. The summed E-state index contributed by atoms with van der Waals surface area (Å²) in [7, 11) is 0. The van der Waals surface area contributed by atoms with Gasteiger partial charge in [-0.05, 0) is 41.5 Å². The van der Waals surface area contributed by atoms with Crippen molar-refractivity contribution in [3.63, 3.8) is 0 Å². The number of benzene rings is 4. The molecule has 6 aromatic rings. The van der Waals surface area contributed by atoms with Crippen molar-refractivity contribution < 1.29 is 4.42 Å². The molecule has 2 heteroatoms. The van der Waals surface area contributed by atoms with Crippen molar-refractivity contribution in [2.75, 3.05) is 0 Å². The van der Waals surface area contributed by atoms with E-state index in [1.165, 1.54) is 43.9 Å². The van der Waals surface area contributed by atoms with Crippen molar-refractivity contribution in [2.45, 2.75) is 12.5 Å². The second-order valence-corrected chi connectivity index (χ2v) is 8.56. The third kappa shape index (κ3) is 2.53. The van der Waals surface area contributed by atoms with Crippen LogP contribution in [0.3, 0.4) is 0 Å². The Kier molecular flexibility index (Phi) is 3.71. The normalized spacial score (nSPS) is 15.6. The molecule has 2 aromatic heterocycles. The van der Waals surface area contributed by atoms with Crippen LogP contribution in [-0.4, -0.2) is 4.57 Å². The Morgan fingerprint density at radius 3 is 2.31 bits per heavy atom. The summed E-state index contributed by atoms with van der Waals surface area (Å²) in [5.41, 5.74) is 7.33. The highest BCUT2D eigenvalue weighted by atomic mass is 16.3. The number of hydrogen-bond donors (Lipinski definition) is 0. The molecule has 0 bridgehead atoms. The van der Waals surface area contributed by atoms with E-state index in [9.17, 15) is 0 Å². The zero-order valence-corrected chi connectivity index (χ0v) is 17.5. The Bertz CT molecular complexity index is 1650. The van der Waals surface area contributed by atoms with Crippen molar-refractivity contribution >= 4 is 38.9 Å². The maximum atomic E-state index is 6.10. The fourth-order valence-corrected chi connectivity index (χ4v) is 5.29. The standard InChI is InChI=1S/C30H21NO/c1-2-8-20(9-3-1)21-14-16-28-25(18-21)23-10-4-6-12-27(23)31(28)22-15-17-30-26(19-22)24-11-5-7-13-29(24)32-30/h1-18,22H,19H2.